The number of rotatable bonds is 2. The maximum absolute atomic E-state index is 13.4. The van der Waals surface area contributed by atoms with Crippen LogP contribution >= 0.6 is 0 Å². The second-order valence-corrected chi connectivity index (χ2v) is 7.94. The van der Waals surface area contributed by atoms with E-state index in [9.17, 15) is 13.2 Å². The lowest BCUT2D eigenvalue weighted by atomic mass is 10.1. The maximum atomic E-state index is 13.4. The van der Waals surface area contributed by atoms with Crippen molar-refractivity contribution in [3.63, 3.8) is 0 Å². The highest BCUT2D eigenvalue weighted by Crippen LogP contribution is 2.34. The Morgan fingerprint density at radius 3 is 2.92 bits per heavy atom. The van der Waals surface area contributed by atoms with Crippen LogP contribution in [0.25, 0.3) is 10.8 Å². The first-order chi connectivity index (χ1) is 12.4. The number of fused-ring (bicyclic) bond motifs is 2. The average molecular weight is 366 g/mol. The molecule has 0 unspecified atom stereocenters. The zero-order valence-electron chi connectivity index (χ0n) is 13.9. The molecule has 0 saturated heterocycles. The number of pyridine rings is 2. The summed E-state index contributed by atoms with van der Waals surface area (Å²) < 4.78 is 28.0. The molecule has 1 aliphatic rings. The van der Waals surface area contributed by atoms with Crippen molar-refractivity contribution >= 4 is 26.5 Å². The summed E-state index contributed by atoms with van der Waals surface area (Å²) in [5, 5.41) is 9.83. The number of nitrogens with one attached hydrogen (secondary N) is 1. The molecular formula is C18H14N4O3S. The number of hydrogen-bond acceptors (Lipinski definition) is 5. The number of aromatic amines is 1. The van der Waals surface area contributed by atoms with Crippen LogP contribution in [0.15, 0.2) is 46.3 Å². The summed E-state index contributed by atoms with van der Waals surface area (Å²) in [4.78, 5) is 19.0. The zero-order chi connectivity index (χ0) is 18.5. The van der Waals surface area contributed by atoms with Crippen molar-refractivity contribution in [3.8, 4) is 6.07 Å². The van der Waals surface area contributed by atoms with Crippen molar-refractivity contribution in [2.45, 2.75) is 18.2 Å². The summed E-state index contributed by atoms with van der Waals surface area (Å²) in [5.74, 6) is 0. The Hall–Kier alpha value is -3.18. The van der Waals surface area contributed by atoms with Crippen molar-refractivity contribution < 1.29 is 8.42 Å². The fourth-order valence-electron chi connectivity index (χ4n) is 3.31. The molecule has 8 heteroatoms. The number of aryl methyl sites for hydroxylation is 1. The van der Waals surface area contributed by atoms with E-state index in [1.54, 1.807) is 19.1 Å². The van der Waals surface area contributed by atoms with Crippen LogP contribution in [0, 0.1) is 18.3 Å². The Morgan fingerprint density at radius 1 is 1.35 bits per heavy atom. The molecule has 1 N–H and O–H groups in total. The predicted molar refractivity (Wildman–Crippen MR) is 96.5 cm³/mol. The maximum Gasteiger partial charge on any atom is 0.265 e. The molecular weight excluding hydrogens is 352 g/mol. The second kappa shape index (κ2) is 5.68. The number of hydrogen-bond donors (Lipinski definition) is 1. The normalized spacial score (nSPS) is 13.6. The van der Waals surface area contributed by atoms with Crippen LogP contribution < -0.4 is 9.86 Å². The van der Waals surface area contributed by atoms with Crippen molar-refractivity contribution in [2.24, 2.45) is 0 Å². The van der Waals surface area contributed by atoms with Gasteiger partial charge >= 0.3 is 0 Å². The molecule has 0 atom stereocenters. The van der Waals surface area contributed by atoms with E-state index in [4.69, 9.17) is 5.26 Å². The fraction of sp³-hybridized carbons (Fsp3) is 0.167. The van der Waals surface area contributed by atoms with Crippen molar-refractivity contribution in [3.05, 3.63) is 63.8 Å². The number of anilines is 1. The summed E-state index contributed by atoms with van der Waals surface area (Å²) >= 11 is 0. The molecule has 26 heavy (non-hydrogen) atoms. The van der Waals surface area contributed by atoms with Gasteiger partial charge in [0.05, 0.1) is 21.8 Å². The highest BCUT2D eigenvalue weighted by molar-refractivity contribution is 7.93. The molecule has 0 amide bonds. The van der Waals surface area contributed by atoms with Gasteiger partial charge in [0.2, 0.25) is 0 Å². The third kappa shape index (κ3) is 2.29. The van der Waals surface area contributed by atoms with Crippen LogP contribution in [0.2, 0.25) is 0 Å². The molecule has 3 aromatic rings. The van der Waals surface area contributed by atoms with Gasteiger partial charge in [0.1, 0.15) is 6.07 Å². The molecule has 0 fully saturated rings. The molecule has 130 valence electrons. The summed E-state index contributed by atoms with van der Waals surface area (Å²) in [6.45, 7) is 2.00. The van der Waals surface area contributed by atoms with Gasteiger partial charge in [-0.05, 0) is 30.7 Å². The van der Waals surface area contributed by atoms with E-state index < -0.39 is 10.0 Å². The summed E-state index contributed by atoms with van der Waals surface area (Å²) in [5.41, 5.74) is 1.70. The van der Waals surface area contributed by atoms with Gasteiger partial charge in [-0.3, -0.25) is 14.1 Å². The smallest absolute Gasteiger partial charge is 0.265 e. The number of sulfonamides is 1. The highest BCUT2D eigenvalue weighted by atomic mass is 32.2. The molecule has 0 saturated carbocycles. The topological polar surface area (TPSA) is 107 Å². The van der Waals surface area contributed by atoms with Gasteiger partial charge in [-0.1, -0.05) is 6.07 Å². The molecule has 3 heterocycles. The van der Waals surface area contributed by atoms with Crippen LogP contribution in [-0.4, -0.2) is 24.9 Å². The fourth-order valence-corrected chi connectivity index (χ4v) is 5.08. The molecule has 1 aliphatic heterocycles. The van der Waals surface area contributed by atoms with Crippen LogP contribution in [0.4, 0.5) is 5.69 Å². The molecule has 4 rings (SSSR count). The van der Waals surface area contributed by atoms with E-state index in [1.807, 2.05) is 6.07 Å². The van der Waals surface area contributed by atoms with E-state index >= 15 is 0 Å². The Kier molecular flexibility index (Phi) is 3.56. The molecule has 0 aliphatic carbocycles. The lowest BCUT2D eigenvalue weighted by Gasteiger charge is -2.21. The summed E-state index contributed by atoms with van der Waals surface area (Å²) in [6.07, 6.45) is 3.43. The van der Waals surface area contributed by atoms with E-state index in [-0.39, 0.29) is 17.0 Å². The van der Waals surface area contributed by atoms with Crippen LogP contribution in [-0.2, 0) is 16.4 Å². The highest BCUT2D eigenvalue weighted by Gasteiger charge is 2.33. The summed E-state index contributed by atoms with van der Waals surface area (Å²) in [6, 6.07) is 8.19. The van der Waals surface area contributed by atoms with E-state index in [1.165, 1.54) is 28.8 Å². The second-order valence-electron chi connectivity index (χ2n) is 6.11. The van der Waals surface area contributed by atoms with Crippen LogP contribution in [0.3, 0.4) is 0 Å². The minimum atomic E-state index is -3.91. The first-order valence-electron chi connectivity index (χ1n) is 7.96. The number of H-pyrrole nitrogens is 1. The van der Waals surface area contributed by atoms with Crippen molar-refractivity contribution in [1.29, 1.82) is 5.26 Å². The SMILES string of the molecule is Cc1c[nH]c(=O)c2cccc(S(=O)(=O)N3CCc4ncc(C#N)cc43)c12. The number of aromatic nitrogens is 2. The Morgan fingerprint density at radius 2 is 2.15 bits per heavy atom. The molecule has 0 radical (unpaired) electrons. The lowest BCUT2D eigenvalue weighted by molar-refractivity contribution is 0.593. The largest absolute Gasteiger partial charge is 0.328 e. The number of benzene rings is 1. The van der Waals surface area contributed by atoms with Gasteiger partial charge in [-0.25, -0.2) is 8.42 Å². The third-order valence-corrected chi connectivity index (χ3v) is 6.41. The standard InChI is InChI=1S/C18H14N4O3S/c1-11-9-21-18(23)13-3-2-4-16(17(11)13)26(24,25)22-6-5-14-15(22)7-12(8-19)10-20-14/h2-4,7,9-10H,5-6H2,1H3,(H,21,23). The van der Waals surface area contributed by atoms with Gasteiger partial charge in [-0.2, -0.15) is 5.26 Å². The van der Waals surface area contributed by atoms with E-state index in [0.717, 1.165) is 0 Å². The quantitative estimate of drug-likeness (QED) is 0.745. The monoisotopic (exact) mass is 366 g/mol. The Labute approximate surface area is 149 Å². The molecule has 0 spiro atoms. The molecule has 1 aromatic carbocycles. The van der Waals surface area contributed by atoms with Gasteiger partial charge in [0.25, 0.3) is 15.6 Å². The number of nitrogens with zero attached hydrogens (tertiary/aromatic N) is 3. The minimum absolute atomic E-state index is 0.0776. The molecule has 7 nitrogen and oxygen atoms in total. The van der Waals surface area contributed by atoms with Gasteiger partial charge < -0.3 is 4.98 Å². The van der Waals surface area contributed by atoms with Crippen LogP contribution in [0.1, 0.15) is 16.8 Å². The predicted octanol–water partition coefficient (Wildman–Crippen LogP) is 1.85. The van der Waals surface area contributed by atoms with Gasteiger partial charge in [0, 0.05) is 36.1 Å². The lowest BCUT2D eigenvalue weighted by Crippen LogP contribution is -2.29. The Balaban J connectivity index is 1.97. The first kappa shape index (κ1) is 16.3. The Bertz CT molecular complexity index is 1260. The third-order valence-electron chi connectivity index (χ3n) is 4.55. The summed E-state index contributed by atoms with van der Waals surface area (Å²) in [7, 11) is -3.91. The van der Waals surface area contributed by atoms with Crippen molar-refractivity contribution in [1.82, 2.24) is 9.97 Å². The molecule has 2 aromatic heterocycles. The number of nitriles is 1. The molecule has 0 bridgehead atoms. The van der Waals surface area contributed by atoms with Gasteiger partial charge in [-0.15, -0.1) is 0 Å². The van der Waals surface area contributed by atoms with Crippen LogP contribution in [0.5, 0.6) is 0 Å². The average Bonchev–Trinajstić information content (AvgIpc) is 3.08. The van der Waals surface area contributed by atoms with E-state index in [2.05, 4.69) is 9.97 Å². The zero-order valence-corrected chi connectivity index (χ0v) is 14.7. The van der Waals surface area contributed by atoms with Crippen molar-refractivity contribution in [2.75, 3.05) is 10.8 Å². The minimum Gasteiger partial charge on any atom is -0.328 e. The first-order valence-corrected chi connectivity index (χ1v) is 9.40. The van der Waals surface area contributed by atoms with Gasteiger partial charge in [0.15, 0.2) is 0 Å². The van der Waals surface area contributed by atoms with E-state index in [0.29, 0.717) is 39.7 Å².